The van der Waals surface area contributed by atoms with Crippen LogP contribution in [0.1, 0.15) is 31.0 Å². The molecular formula is C25H23FN2O5S. The minimum atomic E-state index is -0.801. The number of esters is 1. The number of benzene rings is 2. The lowest BCUT2D eigenvalue weighted by atomic mass is 9.96. The maximum absolute atomic E-state index is 13.6. The number of fused-ring (bicyclic) bond motifs is 1. The molecule has 1 atom stereocenters. The summed E-state index contributed by atoms with van der Waals surface area (Å²) in [6.07, 6.45) is 1.70. The number of carbonyl (C=O) groups is 1. The number of allylic oxidation sites excluding steroid dienone is 1. The van der Waals surface area contributed by atoms with Crippen molar-refractivity contribution in [2.75, 3.05) is 20.8 Å². The zero-order valence-corrected chi connectivity index (χ0v) is 19.9. The van der Waals surface area contributed by atoms with Crippen LogP contribution in [-0.4, -0.2) is 31.4 Å². The van der Waals surface area contributed by atoms with Gasteiger partial charge in [0.15, 0.2) is 4.80 Å². The van der Waals surface area contributed by atoms with Crippen molar-refractivity contribution in [2.45, 2.75) is 19.9 Å². The maximum atomic E-state index is 13.6. The number of methoxy groups -OCH3 is 2. The molecule has 0 fully saturated rings. The van der Waals surface area contributed by atoms with E-state index in [1.54, 1.807) is 64.5 Å². The molecule has 0 N–H and O–H groups in total. The first kappa shape index (κ1) is 23.4. The third-order valence-electron chi connectivity index (χ3n) is 5.43. The van der Waals surface area contributed by atoms with E-state index >= 15 is 0 Å². The molecular weight excluding hydrogens is 459 g/mol. The molecule has 176 valence electrons. The van der Waals surface area contributed by atoms with E-state index in [2.05, 4.69) is 4.99 Å². The predicted octanol–water partition coefficient (Wildman–Crippen LogP) is 2.95. The van der Waals surface area contributed by atoms with Crippen molar-refractivity contribution >= 4 is 23.4 Å². The van der Waals surface area contributed by atoms with Gasteiger partial charge in [-0.2, -0.15) is 0 Å². The molecule has 0 bridgehead atoms. The molecule has 0 saturated heterocycles. The second kappa shape index (κ2) is 9.64. The zero-order valence-electron chi connectivity index (χ0n) is 19.1. The fourth-order valence-electron chi connectivity index (χ4n) is 3.85. The van der Waals surface area contributed by atoms with Gasteiger partial charge < -0.3 is 14.2 Å². The van der Waals surface area contributed by atoms with Crippen LogP contribution in [0.4, 0.5) is 4.39 Å². The van der Waals surface area contributed by atoms with Crippen LogP contribution in [0.2, 0.25) is 0 Å². The van der Waals surface area contributed by atoms with Gasteiger partial charge in [0, 0.05) is 5.56 Å². The average molecular weight is 483 g/mol. The van der Waals surface area contributed by atoms with Crippen molar-refractivity contribution in [2.24, 2.45) is 4.99 Å². The quantitative estimate of drug-likeness (QED) is 0.505. The number of hydrogen-bond donors (Lipinski definition) is 0. The van der Waals surface area contributed by atoms with Gasteiger partial charge in [-0.1, -0.05) is 23.5 Å². The molecule has 4 rings (SSSR count). The number of rotatable bonds is 6. The van der Waals surface area contributed by atoms with E-state index < -0.39 is 17.8 Å². The fraction of sp³-hybridized carbons (Fsp3) is 0.240. The maximum Gasteiger partial charge on any atom is 0.338 e. The molecule has 9 heteroatoms. The van der Waals surface area contributed by atoms with Crippen molar-refractivity contribution in [3.63, 3.8) is 0 Å². The van der Waals surface area contributed by atoms with Gasteiger partial charge in [-0.25, -0.2) is 14.2 Å². The third-order valence-corrected chi connectivity index (χ3v) is 6.41. The van der Waals surface area contributed by atoms with Crippen molar-refractivity contribution in [3.8, 4) is 11.5 Å². The van der Waals surface area contributed by atoms with Gasteiger partial charge in [0.1, 0.15) is 17.3 Å². The summed E-state index contributed by atoms with van der Waals surface area (Å²) >= 11 is 1.19. The fourth-order valence-corrected chi connectivity index (χ4v) is 4.88. The van der Waals surface area contributed by atoms with E-state index in [4.69, 9.17) is 14.2 Å². The van der Waals surface area contributed by atoms with Crippen molar-refractivity contribution in [3.05, 3.63) is 90.4 Å². The summed E-state index contributed by atoms with van der Waals surface area (Å²) in [6, 6.07) is 10.2. The standard InChI is InChI=1S/C25H23FN2O5S/c1-5-33-24(30)21-14(2)27-25-28(22(21)15-6-8-17(26)9-7-15)23(29)20(34-25)13-16-12-18(31-3)10-11-19(16)32-4/h6-13,22H,5H2,1-4H3. The number of halogens is 1. The summed E-state index contributed by atoms with van der Waals surface area (Å²) in [6.45, 7) is 3.58. The summed E-state index contributed by atoms with van der Waals surface area (Å²) < 4.78 is 31.5. The van der Waals surface area contributed by atoms with Crippen LogP contribution in [0.3, 0.4) is 0 Å². The smallest absolute Gasteiger partial charge is 0.338 e. The number of aromatic nitrogens is 1. The Balaban J connectivity index is 1.96. The molecule has 0 amide bonds. The van der Waals surface area contributed by atoms with Crippen LogP contribution in [-0.2, 0) is 9.53 Å². The van der Waals surface area contributed by atoms with Crippen LogP contribution in [0.25, 0.3) is 6.08 Å². The summed E-state index contributed by atoms with van der Waals surface area (Å²) in [5.41, 5.74) is 1.58. The largest absolute Gasteiger partial charge is 0.497 e. The Morgan fingerprint density at radius 2 is 1.91 bits per heavy atom. The minimum absolute atomic E-state index is 0.172. The molecule has 0 radical (unpaired) electrons. The Morgan fingerprint density at radius 1 is 1.18 bits per heavy atom. The lowest BCUT2D eigenvalue weighted by Crippen LogP contribution is -2.39. The normalized spacial score (nSPS) is 15.6. The number of thiazole rings is 1. The summed E-state index contributed by atoms with van der Waals surface area (Å²) in [5.74, 6) is 0.205. The van der Waals surface area contributed by atoms with Crippen LogP contribution < -0.4 is 24.4 Å². The second-order valence-electron chi connectivity index (χ2n) is 7.46. The van der Waals surface area contributed by atoms with Crippen LogP contribution >= 0.6 is 11.3 Å². The first-order valence-corrected chi connectivity index (χ1v) is 11.4. The Bertz CT molecular complexity index is 1450. The molecule has 3 aromatic rings. The van der Waals surface area contributed by atoms with E-state index in [0.717, 1.165) is 0 Å². The highest BCUT2D eigenvalue weighted by atomic mass is 32.1. The highest BCUT2D eigenvalue weighted by Gasteiger charge is 2.33. The molecule has 34 heavy (non-hydrogen) atoms. The second-order valence-corrected chi connectivity index (χ2v) is 8.47. The van der Waals surface area contributed by atoms with E-state index in [1.165, 1.54) is 28.0 Å². The highest BCUT2D eigenvalue weighted by molar-refractivity contribution is 7.07. The molecule has 2 aromatic carbocycles. The van der Waals surface area contributed by atoms with Crippen LogP contribution in [0, 0.1) is 5.82 Å². The lowest BCUT2D eigenvalue weighted by molar-refractivity contribution is -0.139. The molecule has 1 aromatic heterocycles. The minimum Gasteiger partial charge on any atom is -0.497 e. The molecule has 1 aliphatic rings. The van der Waals surface area contributed by atoms with Gasteiger partial charge in [-0.15, -0.1) is 0 Å². The number of carbonyl (C=O) groups excluding carboxylic acids is 1. The van der Waals surface area contributed by atoms with Gasteiger partial charge in [0.05, 0.1) is 42.7 Å². The highest BCUT2D eigenvalue weighted by Crippen LogP contribution is 2.31. The summed E-state index contributed by atoms with van der Waals surface area (Å²) in [4.78, 5) is 31.4. The van der Waals surface area contributed by atoms with Crippen LogP contribution in [0.5, 0.6) is 11.5 Å². The molecule has 0 spiro atoms. The number of nitrogens with zero attached hydrogens (tertiary/aromatic N) is 2. The number of ether oxygens (including phenoxy) is 3. The van der Waals surface area contributed by atoms with E-state index in [9.17, 15) is 14.0 Å². The molecule has 2 heterocycles. The first-order valence-electron chi connectivity index (χ1n) is 10.5. The predicted molar refractivity (Wildman–Crippen MR) is 126 cm³/mol. The molecule has 0 aliphatic carbocycles. The first-order chi connectivity index (χ1) is 16.4. The van der Waals surface area contributed by atoms with Crippen molar-refractivity contribution in [1.29, 1.82) is 0 Å². The zero-order chi connectivity index (χ0) is 24.4. The number of hydrogen-bond acceptors (Lipinski definition) is 7. The summed E-state index contributed by atoms with van der Waals surface area (Å²) in [5, 5.41) is 0. The van der Waals surface area contributed by atoms with Gasteiger partial charge >= 0.3 is 5.97 Å². The molecule has 1 unspecified atom stereocenters. The van der Waals surface area contributed by atoms with Gasteiger partial charge in [0.2, 0.25) is 0 Å². The molecule has 7 nitrogen and oxygen atoms in total. The lowest BCUT2D eigenvalue weighted by Gasteiger charge is -2.24. The van der Waals surface area contributed by atoms with Gasteiger partial charge in [-0.05, 0) is 55.8 Å². The van der Waals surface area contributed by atoms with Crippen LogP contribution in [0.15, 0.2) is 63.5 Å². The van der Waals surface area contributed by atoms with E-state index in [1.807, 2.05) is 0 Å². The molecule has 0 saturated carbocycles. The molecule has 1 aliphatic heterocycles. The van der Waals surface area contributed by atoms with Gasteiger partial charge in [0.25, 0.3) is 5.56 Å². The topological polar surface area (TPSA) is 79.1 Å². The monoisotopic (exact) mass is 482 g/mol. The van der Waals surface area contributed by atoms with Crippen molar-refractivity contribution < 1.29 is 23.4 Å². The Kier molecular flexibility index (Phi) is 6.65. The Labute approximate surface area is 199 Å². The van der Waals surface area contributed by atoms with E-state index in [-0.39, 0.29) is 17.7 Å². The van der Waals surface area contributed by atoms with E-state index in [0.29, 0.717) is 37.7 Å². The Hall–Kier alpha value is -3.72. The SMILES string of the molecule is CCOC(=O)C1=C(C)N=c2sc(=Cc3cc(OC)ccc3OC)c(=O)n2C1c1ccc(F)cc1. The third kappa shape index (κ3) is 4.26. The Morgan fingerprint density at radius 3 is 2.56 bits per heavy atom. The van der Waals surface area contributed by atoms with Crippen molar-refractivity contribution in [1.82, 2.24) is 4.57 Å². The average Bonchev–Trinajstić information content (AvgIpc) is 3.13. The summed E-state index contributed by atoms with van der Waals surface area (Å²) in [7, 11) is 3.10. The van der Waals surface area contributed by atoms with Gasteiger partial charge in [-0.3, -0.25) is 9.36 Å².